The van der Waals surface area contributed by atoms with Crippen molar-refractivity contribution >= 4 is 0 Å². The third kappa shape index (κ3) is 3.16. The predicted octanol–water partition coefficient (Wildman–Crippen LogP) is 2.10. The molecule has 0 spiro atoms. The summed E-state index contributed by atoms with van der Waals surface area (Å²) in [4.78, 5) is 26.2. The lowest BCUT2D eigenvalue weighted by atomic mass is 10.1. The highest BCUT2D eigenvalue weighted by atomic mass is 16.3. The number of aromatic nitrogens is 3. The van der Waals surface area contributed by atoms with E-state index >= 15 is 0 Å². The molecule has 4 rings (SSSR count). The van der Waals surface area contributed by atoms with Crippen LogP contribution in [0.3, 0.4) is 0 Å². The van der Waals surface area contributed by atoms with Gasteiger partial charge in [0.25, 0.3) is 5.56 Å². The summed E-state index contributed by atoms with van der Waals surface area (Å²) in [6.45, 7) is 1.94. The summed E-state index contributed by atoms with van der Waals surface area (Å²) in [6.07, 6.45) is 4.08. The number of para-hydroxylation sites is 1. The third-order valence-corrected chi connectivity index (χ3v) is 4.49. The number of nitrogens with zero attached hydrogens (tertiary/aromatic N) is 3. The van der Waals surface area contributed by atoms with E-state index in [2.05, 4.69) is 19.9 Å². The first-order valence-corrected chi connectivity index (χ1v) is 8.22. The molecular weight excluding hydrogens is 316 g/mol. The van der Waals surface area contributed by atoms with E-state index in [9.17, 15) is 9.90 Å². The van der Waals surface area contributed by atoms with Gasteiger partial charge in [-0.3, -0.25) is 14.7 Å². The van der Waals surface area contributed by atoms with Crippen molar-refractivity contribution < 1.29 is 5.11 Å². The van der Waals surface area contributed by atoms with Crippen molar-refractivity contribution in [3.8, 4) is 17.1 Å². The number of benzene rings is 1. The normalized spacial score (nSPS) is 14.2. The van der Waals surface area contributed by atoms with Crippen molar-refractivity contribution in [1.29, 1.82) is 0 Å². The van der Waals surface area contributed by atoms with Gasteiger partial charge in [-0.2, -0.15) is 0 Å². The Bertz CT molecular complexity index is 953. The highest BCUT2D eigenvalue weighted by Gasteiger charge is 2.22. The van der Waals surface area contributed by atoms with E-state index in [1.807, 2.05) is 24.3 Å². The average molecular weight is 334 g/mol. The van der Waals surface area contributed by atoms with E-state index in [4.69, 9.17) is 0 Å². The molecule has 2 aromatic heterocycles. The van der Waals surface area contributed by atoms with E-state index in [1.54, 1.807) is 24.5 Å². The monoisotopic (exact) mass is 334 g/mol. The van der Waals surface area contributed by atoms with E-state index < -0.39 is 0 Å². The van der Waals surface area contributed by atoms with Gasteiger partial charge in [0.1, 0.15) is 11.6 Å². The van der Waals surface area contributed by atoms with Crippen LogP contribution < -0.4 is 5.56 Å². The third-order valence-electron chi connectivity index (χ3n) is 4.49. The quantitative estimate of drug-likeness (QED) is 0.766. The smallest absolute Gasteiger partial charge is 0.255 e. The molecule has 1 aromatic carbocycles. The maximum Gasteiger partial charge on any atom is 0.255 e. The van der Waals surface area contributed by atoms with Crippen LogP contribution in [0.25, 0.3) is 11.4 Å². The first-order chi connectivity index (χ1) is 12.2. The molecule has 25 heavy (non-hydrogen) atoms. The van der Waals surface area contributed by atoms with Crippen LogP contribution in [0.4, 0.5) is 0 Å². The molecule has 6 nitrogen and oxygen atoms in total. The molecule has 0 fully saturated rings. The first kappa shape index (κ1) is 15.5. The molecule has 126 valence electrons. The fourth-order valence-electron chi connectivity index (χ4n) is 3.15. The van der Waals surface area contributed by atoms with Crippen molar-refractivity contribution in [3.63, 3.8) is 0 Å². The lowest BCUT2D eigenvalue weighted by molar-refractivity contribution is 0.239. The number of fused-ring (bicyclic) bond motifs is 1. The average Bonchev–Trinajstić information content (AvgIpc) is 2.65. The molecule has 0 saturated heterocycles. The molecule has 2 N–H and O–H groups in total. The van der Waals surface area contributed by atoms with E-state index in [1.165, 1.54) is 0 Å². The number of aromatic amines is 1. The summed E-state index contributed by atoms with van der Waals surface area (Å²) in [5, 5.41) is 9.94. The lowest BCUT2D eigenvalue weighted by Crippen LogP contribution is -2.35. The van der Waals surface area contributed by atoms with Gasteiger partial charge in [-0.25, -0.2) is 4.98 Å². The van der Waals surface area contributed by atoms with Gasteiger partial charge in [0.05, 0.1) is 11.3 Å². The number of aromatic hydroxyl groups is 1. The molecule has 1 aliphatic heterocycles. The fraction of sp³-hybridized carbons (Fsp3) is 0.211. The molecule has 3 aromatic rings. The van der Waals surface area contributed by atoms with E-state index in [-0.39, 0.29) is 11.3 Å². The number of rotatable bonds is 3. The molecule has 1 aliphatic rings. The lowest BCUT2D eigenvalue weighted by Gasteiger charge is -2.28. The summed E-state index contributed by atoms with van der Waals surface area (Å²) in [5.74, 6) is 0.869. The zero-order valence-electron chi connectivity index (χ0n) is 13.6. The maximum absolute atomic E-state index is 12.5. The number of phenolic OH excluding ortho intramolecular Hbond substituents is 1. The second-order valence-electron chi connectivity index (χ2n) is 6.17. The molecule has 0 amide bonds. The number of phenols is 1. The topological polar surface area (TPSA) is 82.1 Å². The van der Waals surface area contributed by atoms with Crippen molar-refractivity contribution in [1.82, 2.24) is 19.9 Å². The molecular formula is C19H18N4O2. The molecule has 0 aliphatic carbocycles. The standard InChI is InChI=1S/C19H18N4O2/c24-17-4-2-1-3-14(17)11-23-10-7-16-15(12-23)19(25)22-18(21-16)13-5-8-20-9-6-13/h1-6,8-9,24H,7,10-12H2,(H,21,22,25). The summed E-state index contributed by atoms with van der Waals surface area (Å²) in [7, 11) is 0. The highest BCUT2D eigenvalue weighted by Crippen LogP contribution is 2.22. The van der Waals surface area contributed by atoms with Gasteiger partial charge < -0.3 is 10.1 Å². The van der Waals surface area contributed by atoms with Crippen LogP contribution in [0.15, 0.2) is 53.6 Å². The molecule has 0 bridgehead atoms. The largest absolute Gasteiger partial charge is 0.508 e. The van der Waals surface area contributed by atoms with E-state index in [0.29, 0.717) is 30.9 Å². The molecule has 0 unspecified atom stereocenters. The Morgan fingerprint density at radius 2 is 1.96 bits per heavy atom. The van der Waals surface area contributed by atoms with Crippen LogP contribution >= 0.6 is 0 Å². The van der Waals surface area contributed by atoms with Crippen LogP contribution in [0.2, 0.25) is 0 Å². The Kier molecular flexibility index (Phi) is 4.03. The summed E-state index contributed by atoms with van der Waals surface area (Å²) < 4.78 is 0. The minimum Gasteiger partial charge on any atom is -0.508 e. The van der Waals surface area contributed by atoms with Crippen molar-refractivity contribution in [2.24, 2.45) is 0 Å². The second-order valence-corrected chi connectivity index (χ2v) is 6.17. The van der Waals surface area contributed by atoms with Gasteiger partial charge in [0.15, 0.2) is 0 Å². The van der Waals surface area contributed by atoms with Crippen LogP contribution in [0, 0.1) is 0 Å². The van der Waals surface area contributed by atoms with Gasteiger partial charge >= 0.3 is 0 Å². The highest BCUT2D eigenvalue weighted by molar-refractivity contribution is 5.54. The van der Waals surface area contributed by atoms with Crippen LogP contribution in [0.1, 0.15) is 16.8 Å². The molecule has 0 radical (unpaired) electrons. The molecule has 0 saturated carbocycles. The predicted molar refractivity (Wildman–Crippen MR) is 94.0 cm³/mol. The van der Waals surface area contributed by atoms with Crippen LogP contribution in [0.5, 0.6) is 5.75 Å². The van der Waals surface area contributed by atoms with Crippen molar-refractivity contribution in [2.45, 2.75) is 19.5 Å². The van der Waals surface area contributed by atoms with Gasteiger partial charge in [0, 0.05) is 49.6 Å². The minimum absolute atomic E-state index is 0.0983. The summed E-state index contributed by atoms with van der Waals surface area (Å²) in [5.41, 5.74) is 3.18. The second kappa shape index (κ2) is 6.49. The molecule has 6 heteroatoms. The minimum atomic E-state index is -0.0983. The molecule has 3 heterocycles. The summed E-state index contributed by atoms with van der Waals surface area (Å²) in [6, 6.07) is 11.0. The number of pyridine rings is 1. The first-order valence-electron chi connectivity index (χ1n) is 8.22. The fourth-order valence-corrected chi connectivity index (χ4v) is 3.15. The van der Waals surface area contributed by atoms with Crippen molar-refractivity contribution in [3.05, 3.63) is 76.0 Å². The Morgan fingerprint density at radius 1 is 1.16 bits per heavy atom. The van der Waals surface area contributed by atoms with Gasteiger partial charge in [-0.05, 0) is 18.2 Å². The van der Waals surface area contributed by atoms with Crippen LogP contribution in [-0.4, -0.2) is 31.5 Å². The molecule has 0 atom stereocenters. The van der Waals surface area contributed by atoms with Crippen LogP contribution in [-0.2, 0) is 19.5 Å². The Hall–Kier alpha value is -2.99. The number of nitrogens with one attached hydrogen (secondary N) is 1. The number of H-pyrrole nitrogens is 1. The number of hydrogen-bond acceptors (Lipinski definition) is 5. The van der Waals surface area contributed by atoms with Gasteiger partial charge in [-0.1, -0.05) is 18.2 Å². The maximum atomic E-state index is 12.5. The zero-order valence-corrected chi connectivity index (χ0v) is 13.6. The Morgan fingerprint density at radius 3 is 2.76 bits per heavy atom. The van der Waals surface area contributed by atoms with Crippen molar-refractivity contribution in [2.75, 3.05) is 6.54 Å². The SMILES string of the molecule is O=c1[nH]c(-c2ccncc2)nc2c1CN(Cc1ccccc1O)CC2. The Labute approximate surface area is 144 Å². The summed E-state index contributed by atoms with van der Waals surface area (Å²) >= 11 is 0. The van der Waals surface area contributed by atoms with Gasteiger partial charge in [-0.15, -0.1) is 0 Å². The zero-order chi connectivity index (χ0) is 17.2. The Balaban J connectivity index is 1.60. The van der Waals surface area contributed by atoms with E-state index in [0.717, 1.165) is 23.4 Å². The van der Waals surface area contributed by atoms with Gasteiger partial charge in [0.2, 0.25) is 0 Å². The number of hydrogen-bond donors (Lipinski definition) is 2.